The molecule has 118 valence electrons. The maximum atomic E-state index is 12.6. The lowest BCUT2D eigenvalue weighted by Crippen LogP contribution is -2.33. The fraction of sp³-hybridized carbons (Fsp3) is 0.471. The van der Waals surface area contributed by atoms with Gasteiger partial charge in [0.05, 0.1) is 12.7 Å². The van der Waals surface area contributed by atoms with Crippen molar-refractivity contribution in [2.24, 2.45) is 5.92 Å². The maximum absolute atomic E-state index is 12.6. The summed E-state index contributed by atoms with van der Waals surface area (Å²) in [5.41, 5.74) is 1.66. The molecule has 0 aliphatic carbocycles. The maximum Gasteiger partial charge on any atom is 0.253 e. The van der Waals surface area contributed by atoms with Gasteiger partial charge in [0.2, 0.25) is 0 Å². The van der Waals surface area contributed by atoms with E-state index in [9.17, 15) is 4.79 Å². The molecule has 1 saturated heterocycles. The number of rotatable bonds is 4. The van der Waals surface area contributed by atoms with Crippen molar-refractivity contribution in [2.75, 3.05) is 40.4 Å². The Morgan fingerprint density at radius 2 is 2.36 bits per heavy atom. The molecule has 1 N–H and O–H groups in total. The van der Waals surface area contributed by atoms with Gasteiger partial charge in [-0.05, 0) is 44.1 Å². The normalized spacial score (nSPS) is 20.2. The van der Waals surface area contributed by atoms with Crippen LogP contribution in [0.15, 0.2) is 23.8 Å². The summed E-state index contributed by atoms with van der Waals surface area (Å²) in [6.45, 7) is 2.94. The Labute approximate surface area is 130 Å². The highest BCUT2D eigenvalue weighted by Crippen LogP contribution is 2.31. The molecule has 2 aliphatic heterocycles. The number of nitrogens with one attached hydrogen (secondary N) is 1. The number of likely N-dealkylation sites (tertiary alicyclic amines) is 1. The SMILES string of the molecule is CNC[C@@H]1CCN(C(=O)C2=Cc3ccc(OC)cc3OC2)C1. The lowest BCUT2D eigenvalue weighted by molar-refractivity contribution is -0.126. The zero-order valence-electron chi connectivity index (χ0n) is 13.1. The third kappa shape index (κ3) is 2.95. The number of hydrogen-bond acceptors (Lipinski definition) is 4. The van der Waals surface area contributed by atoms with Crippen LogP contribution in [-0.4, -0.2) is 51.2 Å². The van der Waals surface area contributed by atoms with Crippen molar-refractivity contribution in [2.45, 2.75) is 6.42 Å². The van der Waals surface area contributed by atoms with Gasteiger partial charge in [0.25, 0.3) is 5.91 Å². The van der Waals surface area contributed by atoms with Crippen LogP contribution in [0.1, 0.15) is 12.0 Å². The van der Waals surface area contributed by atoms with E-state index >= 15 is 0 Å². The average molecular weight is 302 g/mol. The highest BCUT2D eigenvalue weighted by molar-refractivity contribution is 5.99. The molecule has 2 heterocycles. The molecule has 1 amide bonds. The molecule has 0 saturated carbocycles. The molecule has 1 atom stereocenters. The highest BCUT2D eigenvalue weighted by Gasteiger charge is 2.29. The molecule has 5 heteroatoms. The number of carbonyl (C=O) groups is 1. The highest BCUT2D eigenvalue weighted by atomic mass is 16.5. The lowest BCUT2D eigenvalue weighted by atomic mass is 10.1. The standard InChI is InChI=1S/C17H22N2O3/c1-18-9-12-5-6-19(10-12)17(20)14-7-13-3-4-15(21-2)8-16(13)22-11-14/h3-4,7-8,12,18H,5-6,9-11H2,1-2H3/t12-/m0/s1. The first-order valence-corrected chi connectivity index (χ1v) is 7.66. The molecular formula is C17H22N2O3. The molecule has 1 fully saturated rings. The Morgan fingerprint density at radius 1 is 1.50 bits per heavy atom. The van der Waals surface area contributed by atoms with Crippen LogP contribution in [0.25, 0.3) is 6.08 Å². The molecule has 1 aromatic rings. The van der Waals surface area contributed by atoms with Crippen LogP contribution in [0.5, 0.6) is 11.5 Å². The predicted octanol–water partition coefficient (Wildman–Crippen LogP) is 1.54. The van der Waals surface area contributed by atoms with E-state index < -0.39 is 0 Å². The summed E-state index contributed by atoms with van der Waals surface area (Å²) in [6, 6.07) is 5.66. The van der Waals surface area contributed by atoms with Crippen molar-refractivity contribution in [3.63, 3.8) is 0 Å². The number of methoxy groups -OCH3 is 1. The molecular weight excluding hydrogens is 280 g/mol. The van der Waals surface area contributed by atoms with Gasteiger partial charge in [-0.1, -0.05) is 0 Å². The number of carbonyl (C=O) groups excluding carboxylic acids is 1. The van der Waals surface area contributed by atoms with E-state index in [-0.39, 0.29) is 5.91 Å². The summed E-state index contributed by atoms with van der Waals surface area (Å²) >= 11 is 0. The van der Waals surface area contributed by atoms with Gasteiger partial charge < -0.3 is 19.7 Å². The molecule has 0 aromatic heterocycles. The van der Waals surface area contributed by atoms with E-state index in [4.69, 9.17) is 9.47 Å². The first kappa shape index (κ1) is 14.9. The first-order valence-electron chi connectivity index (χ1n) is 7.66. The van der Waals surface area contributed by atoms with Crippen molar-refractivity contribution in [3.05, 3.63) is 29.3 Å². The van der Waals surface area contributed by atoms with E-state index in [0.29, 0.717) is 12.5 Å². The van der Waals surface area contributed by atoms with Gasteiger partial charge >= 0.3 is 0 Å². The summed E-state index contributed by atoms with van der Waals surface area (Å²) < 4.78 is 10.9. The average Bonchev–Trinajstić information content (AvgIpc) is 3.02. The quantitative estimate of drug-likeness (QED) is 0.916. The van der Waals surface area contributed by atoms with Crippen molar-refractivity contribution < 1.29 is 14.3 Å². The summed E-state index contributed by atoms with van der Waals surface area (Å²) in [5, 5.41) is 3.18. The van der Waals surface area contributed by atoms with Crippen molar-refractivity contribution in [3.8, 4) is 11.5 Å². The molecule has 1 aromatic carbocycles. The number of amides is 1. The minimum atomic E-state index is 0.0973. The van der Waals surface area contributed by atoms with E-state index in [1.165, 1.54) is 0 Å². The van der Waals surface area contributed by atoms with E-state index in [2.05, 4.69) is 5.32 Å². The molecule has 0 spiro atoms. The zero-order valence-corrected chi connectivity index (χ0v) is 13.1. The summed E-state index contributed by atoms with van der Waals surface area (Å²) in [6.07, 6.45) is 3.00. The number of nitrogens with zero attached hydrogens (tertiary/aromatic N) is 1. The van der Waals surface area contributed by atoms with Crippen LogP contribution in [0, 0.1) is 5.92 Å². The third-order valence-electron chi connectivity index (χ3n) is 4.27. The van der Waals surface area contributed by atoms with Crippen LogP contribution < -0.4 is 14.8 Å². The van der Waals surface area contributed by atoms with E-state index in [1.807, 2.05) is 36.2 Å². The predicted molar refractivity (Wildman–Crippen MR) is 85.1 cm³/mol. The van der Waals surface area contributed by atoms with Crippen LogP contribution in [0.3, 0.4) is 0 Å². The lowest BCUT2D eigenvalue weighted by Gasteiger charge is -2.22. The number of hydrogen-bond donors (Lipinski definition) is 1. The van der Waals surface area contributed by atoms with E-state index in [0.717, 1.165) is 48.7 Å². The Balaban J connectivity index is 1.72. The van der Waals surface area contributed by atoms with Gasteiger partial charge in [-0.3, -0.25) is 4.79 Å². The van der Waals surface area contributed by atoms with Crippen molar-refractivity contribution >= 4 is 12.0 Å². The smallest absolute Gasteiger partial charge is 0.253 e. The summed E-state index contributed by atoms with van der Waals surface area (Å²) in [4.78, 5) is 14.6. The van der Waals surface area contributed by atoms with Gasteiger partial charge in [0.15, 0.2) is 0 Å². The first-order chi connectivity index (χ1) is 10.7. The van der Waals surface area contributed by atoms with Gasteiger partial charge in [-0.15, -0.1) is 0 Å². The molecule has 0 radical (unpaired) electrons. The Morgan fingerprint density at radius 3 is 3.14 bits per heavy atom. The summed E-state index contributed by atoms with van der Waals surface area (Å²) in [5.74, 6) is 2.18. The monoisotopic (exact) mass is 302 g/mol. The van der Waals surface area contributed by atoms with Crippen LogP contribution >= 0.6 is 0 Å². The second kappa shape index (κ2) is 6.40. The molecule has 2 aliphatic rings. The number of ether oxygens (including phenoxy) is 2. The van der Waals surface area contributed by atoms with Gasteiger partial charge in [0.1, 0.15) is 18.1 Å². The molecule has 22 heavy (non-hydrogen) atoms. The molecule has 3 rings (SSSR count). The molecule has 5 nitrogen and oxygen atoms in total. The Kier molecular flexibility index (Phi) is 4.34. The second-order valence-corrected chi connectivity index (χ2v) is 5.83. The minimum absolute atomic E-state index is 0.0973. The largest absolute Gasteiger partial charge is 0.497 e. The van der Waals surface area contributed by atoms with Crippen molar-refractivity contribution in [1.82, 2.24) is 10.2 Å². The van der Waals surface area contributed by atoms with E-state index in [1.54, 1.807) is 7.11 Å². The topological polar surface area (TPSA) is 50.8 Å². The molecule has 0 unspecified atom stereocenters. The van der Waals surface area contributed by atoms with Gasteiger partial charge in [-0.2, -0.15) is 0 Å². The fourth-order valence-electron chi connectivity index (χ4n) is 3.07. The Hall–Kier alpha value is -2.01. The molecule has 0 bridgehead atoms. The second-order valence-electron chi connectivity index (χ2n) is 5.83. The van der Waals surface area contributed by atoms with Crippen LogP contribution in [-0.2, 0) is 4.79 Å². The summed E-state index contributed by atoms with van der Waals surface area (Å²) in [7, 11) is 3.58. The number of benzene rings is 1. The van der Waals surface area contributed by atoms with Crippen LogP contribution in [0.4, 0.5) is 0 Å². The van der Waals surface area contributed by atoms with Crippen LogP contribution in [0.2, 0.25) is 0 Å². The van der Waals surface area contributed by atoms with Crippen molar-refractivity contribution in [1.29, 1.82) is 0 Å². The minimum Gasteiger partial charge on any atom is -0.497 e. The Bertz CT molecular complexity index is 598. The third-order valence-corrected chi connectivity index (χ3v) is 4.27. The van der Waals surface area contributed by atoms with Gasteiger partial charge in [-0.25, -0.2) is 0 Å². The number of fused-ring (bicyclic) bond motifs is 1. The zero-order chi connectivity index (χ0) is 15.5. The van der Waals surface area contributed by atoms with Gasteiger partial charge in [0, 0.05) is 24.7 Å². The fourth-order valence-corrected chi connectivity index (χ4v) is 3.07.